The van der Waals surface area contributed by atoms with Gasteiger partial charge < -0.3 is 9.47 Å². The highest BCUT2D eigenvalue weighted by molar-refractivity contribution is 7.16. The molecule has 6 nitrogen and oxygen atoms in total. The summed E-state index contributed by atoms with van der Waals surface area (Å²) in [5, 5.41) is 2.50. The van der Waals surface area contributed by atoms with E-state index >= 15 is 0 Å². The topological polar surface area (TPSA) is 60.1 Å². The number of amides is 1. The zero-order chi connectivity index (χ0) is 18.8. The van der Waals surface area contributed by atoms with E-state index < -0.39 is 0 Å². The van der Waals surface area contributed by atoms with Crippen molar-refractivity contribution in [3.05, 3.63) is 52.2 Å². The second-order valence-electron chi connectivity index (χ2n) is 7.13. The Morgan fingerprint density at radius 1 is 1.30 bits per heavy atom. The van der Waals surface area contributed by atoms with Crippen molar-refractivity contribution in [3.63, 3.8) is 0 Å². The normalized spacial score (nSPS) is 18.0. The van der Waals surface area contributed by atoms with Crippen LogP contribution in [0.1, 0.15) is 43.8 Å². The number of likely N-dealkylation sites (tertiary alicyclic amines) is 1. The maximum atomic E-state index is 13.0. The maximum Gasteiger partial charge on any atom is 0.262 e. The van der Waals surface area contributed by atoms with E-state index in [1.54, 1.807) is 17.0 Å². The fourth-order valence-electron chi connectivity index (χ4n) is 3.95. The van der Waals surface area contributed by atoms with E-state index in [4.69, 9.17) is 0 Å². The molecule has 0 aliphatic carbocycles. The summed E-state index contributed by atoms with van der Waals surface area (Å²) in [7, 11) is 2.03. The molecule has 1 atom stereocenters. The zero-order valence-electron chi connectivity index (χ0n) is 15.5. The first-order chi connectivity index (χ1) is 13.1. The maximum absolute atomic E-state index is 13.0. The Kier molecular flexibility index (Phi) is 5.11. The van der Waals surface area contributed by atoms with Crippen LogP contribution in [-0.2, 0) is 18.4 Å². The number of carbonyl (C=O) groups excluding carboxylic acids is 1. The molecular weight excluding hydrogens is 360 g/mol. The number of hydrogen-bond acceptors (Lipinski definition) is 4. The van der Waals surface area contributed by atoms with Gasteiger partial charge in [-0.15, -0.1) is 11.3 Å². The molecule has 1 saturated heterocycles. The van der Waals surface area contributed by atoms with Crippen LogP contribution in [0, 0.1) is 0 Å². The van der Waals surface area contributed by atoms with Gasteiger partial charge in [-0.2, -0.15) is 0 Å². The SMILES string of the molecule is Cn1cccc1C1CCCCCN1C(=O)CCn1cnc2sccc2c1=O. The summed E-state index contributed by atoms with van der Waals surface area (Å²) < 4.78 is 3.66. The second-order valence-corrected chi connectivity index (χ2v) is 8.02. The van der Waals surface area contributed by atoms with E-state index in [0.717, 1.165) is 37.1 Å². The molecular formula is C20H24N4O2S. The number of carbonyl (C=O) groups is 1. The van der Waals surface area contributed by atoms with E-state index in [0.29, 0.717) is 18.4 Å². The number of rotatable bonds is 4. The number of nitrogens with zero attached hydrogens (tertiary/aromatic N) is 4. The van der Waals surface area contributed by atoms with E-state index in [1.807, 2.05) is 29.6 Å². The van der Waals surface area contributed by atoms with Gasteiger partial charge in [0.1, 0.15) is 4.83 Å². The highest BCUT2D eigenvalue weighted by Gasteiger charge is 2.28. The third kappa shape index (κ3) is 3.56. The summed E-state index contributed by atoms with van der Waals surface area (Å²) in [6, 6.07) is 6.06. The third-order valence-corrected chi connectivity index (χ3v) is 6.24. The Labute approximate surface area is 162 Å². The van der Waals surface area contributed by atoms with Crippen molar-refractivity contribution >= 4 is 27.5 Å². The van der Waals surface area contributed by atoms with Crippen molar-refractivity contribution < 1.29 is 4.79 Å². The summed E-state index contributed by atoms with van der Waals surface area (Å²) in [6.07, 6.45) is 8.23. The first kappa shape index (κ1) is 18.0. The summed E-state index contributed by atoms with van der Waals surface area (Å²) in [5.74, 6) is 0.111. The molecule has 1 unspecified atom stereocenters. The van der Waals surface area contributed by atoms with Crippen LogP contribution in [0.25, 0.3) is 10.2 Å². The van der Waals surface area contributed by atoms with Crippen LogP contribution in [0.2, 0.25) is 0 Å². The smallest absolute Gasteiger partial charge is 0.262 e. The molecule has 7 heteroatoms. The summed E-state index contributed by atoms with van der Waals surface area (Å²) in [5.41, 5.74) is 1.12. The van der Waals surface area contributed by atoms with Gasteiger partial charge in [0.25, 0.3) is 5.56 Å². The van der Waals surface area contributed by atoms with Gasteiger partial charge in [-0.05, 0) is 36.4 Å². The monoisotopic (exact) mass is 384 g/mol. The predicted molar refractivity (Wildman–Crippen MR) is 107 cm³/mol. The quantitative estimate of drug-likeness (QED) is 0.693. The Morgan fingerprint density at radius 3 is 3.00 bits per heavy atom. The number of fused-ring (bicyclic) bond motifs is 1. The summed E-state index contributed by atoms with van der Waals surface area (Å²) in [6.45, 7) is 1.15. The second kappa shape index (κ2) is 7.68. The fraction of sp³-hybridized carbons (Fsp3) is 0.450. The van der Waals surface area contributed by atoms with Crippen LogP contribution in [0.15, 0.2) is 40.9 Å². The van der Waals surface area contributed by atoms with Crippen molar-refractivity contribution in [3.8, 4) is 0 Å². The van der Waals surface area contributed by atoms with E-state index in [-0.39, 0.29) is 17.5 Å². The predicted octanol–water partition coefficient (Wildman–Crippen LogP) is 3.33. The Balaban J connectivity index is 1.52. The molecule has 3 aromatic rings. The molecule has 1 aliphatic rings. The van der Waals surface area contributed by atoms with E-state index in [9.17, 15) is 9.59 Å². The largest absolute Gasteiger partial charge is 0.353 e. The lowest BCUT2D eigenvalue weighted by molar-refractivity contribution is -0.134. The molecule has 4 heterocycles. The van der Waals surface area contributed by atoms with Crippen LogP contribution >= 0.6 is 11.3 Å². The standard InChI is InChI=1S/C20H24N4O2S/c1-22-10-5-7-16(22)17-6-3-2-4-11-24(17)18(25)8-12-23-14-21-19-15(20(23)26)9-13-27-19/h5,7,9-10,13-14,17H,2-4,6,8,11-12H2,1H3. The fourth-order valence-corrected chi connectivity index (χ4v) is 4.67. The van der Waals surface area contributed by atoms with Crippen molar-refractivity contribution in [2.24, 2.45) is 7.05 Å². The average Bonchev–Trinajstić information content (AvgIpc) is 3.24. The summed E-state index contributed by atoms with van der Waals surface area (Å²) in [4.78, 5) is 32.7. The minimum absolute atomic E-state index is 0.0658. The number of hydrogen-bond donors (Lipinski definition) is 0. The van der Waals surface area contributed by atoms with Crippen LogP contribution in [0.3, 0.4) is 0 Å². The molecule has 3 aromatic heterocycles. The lowest BCUT2D eigenvalue weighted by atomic mass is 10.1. The Hall–Kier alpha value is -2.41. The Morgan fingerprint density at radius 2 is 2.19 bits per heavy atom. The summed E-state index contributed by atoms with van der Waals surface area (Å²) >= 11 is 1.46. The van der Waals surface area contributed by atoms with Crippen molar-refractivity contribution in [2.75, 3.05) is 6.54 Å². The van der Waals surface area contributed by atoms with Crippen LogP contribution in [0.5, 0.6) is 0 Å². The highest BCUT2D eigenvalue weighted by Crippen LogP contribution is 2.30. The first-order valence-electron chi connectivity index (χ1n) is 9.48. The number of thiophene rings is 1. The molecule has 1 fully saturated rings. The molecule has 0 N–H and O–H groups in total. The molecule has 27 heavy (non-hydrogen) atoms. The molecule has 142 valence electrons. The first-order valence-corrected chi connectivity index (χ1v) is 10.4. The van der Waals surface area contributed by atoms with Crippen LogP contribution in [-0.4, -0.2) is 31.5 Å². The van der Waals surface area contributed by atoms with Gasteiger partial charge in [0.15, 0.2) is 0 Å². The molecule has 0 spiro atoms. The lowest BCUT2D eigenvalue weighted by Gasteiger charge is -2.31. The molecule has 4 rings (SSSR count). The van der Waals surface area contributed by atoms with Crippen molar-refractivity contribution in [2.45, 2.75) is 44.7 Å². The molecule has 0 bridgehead atoms. The third-order valence-electron chi connectivity index (χ3n) is 5.42. The van der Waals surface area contributed by atoms with E-state index in [2.05, 4.69) is 15.6 Å². The number of aryl methyl sites for hydroxylation is 2. The Bertz CT molecular complexity index is 1000. The van der Waals surface area contributed by atoms with Gasteiger partial charge in [-0.3, -0.25) is 14.2 Å². The molecule has 1 aliphatic heterocycles. The highest BCUT2D eigenvalue weighted by atomic mass is 32.1. The van der Waals surface area contributed by atoms with Gasteiger partial charge >= 0.3 is 0 Å². The van der Waals surface area contributed by atoms with Crippen molar-refractivity contribution in [1.29, 1.82) is 0 Å². The molecule has 0 aromatic carbocycles. The van der Waals surface area contributed by atoms with Crippen LogP contribution < -0.4 is 5.56 Å². The zero-order valence-corrected chi connectivity index (χ0v) is 16.3. The van der Waals surface area contributed by atoms with Crippen molar-refractivity contribution in [1.82, 2.24) is 19.0 Å². The molecule has 0 radical (unpaired) electrons. The minimum Gasteiger partial charge on any atom is -0.353 e. The number of aromatic nitrogens is 3. The van der Waals surface area contributed by atoms with E-state index in [1.165, 1.54) is 17.0 Å². The minimum atomic E-state index is -0.0658. The van der Waals surface area contributed by atoms with Gasteiger partial charge in [-0.1, -0.05) is 12.8 Å². The van der Waals surface area contributed by atoms with Gasteiger partial charge in [0, 0.05) is 38.4 Å². The average molecular weight is 385 g/mol. The van der Waals surface area contributed by atoms with Gasteiger partial charge in [0.2, 0.25) is 5.91 Å². The van der Waals surface area contributed by atoms with Crippen LogP contribution in [0.4, 0.5) is 0 Å². The molecule has 1 amide bonds. The van der Waals surface area contributed by atoms with Gasteiger partial charge in [-0.25, -0.2) is 4.98 Å². The molecule has 0 saturated carbocycles. The van der Waals surface area contributed by atoms with Gasteiger partial charge in [0.05, 0.1) is 17.8 Å². The lowest BCUT2D eigenvalue weighted by Crippen LogP contribution is -2.36.